The molecule has 1 aromatic heterocycles. The summed E-state index contributed by atoms with van der Waals surface area (Å²) in [6, 6.07) is 8.32. The fourth-order valence-electron chi connectivity index (χ4n) is 4.20. The van der Waals surface area contributed by atoms with Gasteiger partial charge in [-0.3, -0.25) is 4.68 Å². The van der Waals surface area contributed by atoms with E-state index in [4.69, 9.17) is 4.74 Å². The number of nitrogens with zero attached hydrogens (tertiary/aromatic N) is 3. The number of urea groups is 1. The number of ether oxygens (including phenoxy) is 1. The van der Waals surface area contributed by atoms with E-state index in [9.17, 15) is 4.79 Å². The van der Waals surface area contributed by atoms with E-state index in [1.807, 2.05) is 34.1 Å². The van der Waals surface area contributed by atoms with Gasteiger partial charge < -0.3 is 15.0 Å². The fourth-order valence-corrected chi connectivity index (χ4v) is 4.53. The molecule has 1 N–H and O–H groups in total. The second-order valence-corrected chi connectivity index (χ2v) is 8.62. The van der Waals surface area contributed by atoms with Crippen molar-refractivity contribution in [3.05, 3.63) is 46.7 Å². The number of fused-ring (bicyclic) bond motifs is 1. The number of aromatic nitrogens is 2. The molecular formula is C21H27BrN4O2. The van der Waals surface area contributed by atoms with E-state index < -0.39 is 0 Å². The van der Waals surface area contributed by atoms with Crippen LogP contribution in [0.5, 0.6) is 5.75 Å². The van der Waals surface area contributed by atoms with Crippen LogP contribution in [0.3, 0.4) is 0 Å². The minimum atomic E-state index is 0.0700. The molecule has 0 aliphatic carbocycles. The van der Waals surface area contributed by atoms with Gasteiger partial charge in [-0.2, -0.15) is 5.10 Å². The maximum atomic E-state index is 12.5. The largest absolute Gasteiger partial charge is 0.493 e. The lowest BCUT2D eigenvalue weighted by Crippen LogP contribution is -2.45. The van der Waals surface area contributed by atoms with Crippen LogP contribution in [0.4, 0.5) is 4.79 Å². The van der Waals surface area contributed by atoms with Gasteiger partial charge in [0.1, 0.15) is 5.75 Å². The SMILES string of the molecule is O=C(NCCC1CCOc2ccccc21)N1CCC(Cn2cc(Br)cn2)CC1. The quantitative estimate of drug-likeness (QED) is 0.753. The number of likely N-dealkylation sites (tertiary alicyclic amines) is 1. The molecule has 3 heterocycles. The van der Waals surface area contributed by atoms with Gasteiger partial charge in [-0.05, 0) is 65.1 Å². The molecule has 1 fully saturated rings. The van der Waals surface area contributed by atoms with E-state index in [-0.39, 0.29) is 6.03 Å². The van der Waals surface area contributed by atoms with Crippen LogP contribution in [0.15, 0.2) is 41.1 Å². The number of rotatable bonds is 5. The van der Waals surface area contributed by atoms with Crippen LogP contribution in [-0.2, 0) is 6.54 Å². The third kappa shape index (κ3) is 4.69. The van der Waals surface area contributed by atoms with Crippen LogP contribution in [-0.4, -0.2) is 47.0 Å². The second-order valence-electron chi connectivity index (χ2n) is 7.70. The highest BCUT2D eigenvalue weighted by molar-refractivity contribution is 9.10. The van der Waals surface area contributed by atoms with Crippen molar-refractivity contribution in [1.82, 2.24) is 20.0 Å². The molecular weight excluding hydrogens is 420 g/mol. The number of piperidine rings is 1. The molecule has 1 unspecified atom stereocenters. The minimum absolute atomic E-state index is 0.0700. The number of carbonyl (C=O) groups excluding carboxylic acids is 1. The Kier molecular flexibility index (Phi) is 6.20. The Hall–Kier alpha value is -2.02. The van der Waals surface area contributed by atoms with Crippen molar-refractivity contribution in [1.29, 1.82) is 0 Å². The van der Waals surface area contributed by atoms with E-state index in [1.165, 1.54) is 5.56 Å². The summed E-state index contributed by atoms with van der Waals surface area (Å²) in [4.78, 5) is 14.5. The summed E-state index contributed by atoms with van der Waals surface area (Å²) in [6.45, 7) is 4.03. The van der Waals surface area contributed by atoms with E-state index in [0.29, 0.717) is 18.4 Å². The third-order valence-corrected chi connectivity index (χ3v) is 6.21. The topological polar surface area (TPSA) is 59.4 Å². The summed E-state index contributed by atoms with van der Waals surface area (Å²) >= 11 is 3.44. The number of amides is 2. The van der Waals surface area contributed by atoms with Gasteiger partial charge in [-0.15, -0.1) is 0 Å². The monoisotopic (exact) mass is 446 g/mol. The van der Waals surface area contributed by atoms with E-state index in [0.717, 1.165) is 62.1 Å². The average molecular weight is 447 g/mol. The molecule has 0 spiro atoms. The zero-order chi connectivity index (χ0) is 19.3. The van der Waals surface area contributed by atoms with Gasteiger partial charge in [0.15, 0.2) is 0 Å². The Labute approximate surface area is 174 Å². The minimum Gasteiger partial charge on any atom is -0.493 e. The zero-order valence-corrected chi connectivity index (χ0v) is 17.6. The number of hydrogen-bond donors (Lipinski definition) is 1. The van der Waals surface area contributed by atoms with Gasteiger partial charge in [0.05, 0.1) is 17.3 Å². The van der Waals surface area contributed by atoms with Crippen LogP contribution < -0.4 is 10.1 Å². The van der Waals surface area contributed by atoms with E-state index >= 15 is 0 Å². The van der Waals surface area contributed by atoms with Crippen molar-refractivity contribution < 1.29 is 9.53 Å². The lowest BCUT2D eigenvalue weighted by molar-refractivity contribution is 0.163. The van der Waals surface area contributed by atoms with Crippen molar-refractivity contribution in [2.75, 3.05) is 26.2 Å². The van der Waals surface area contributed by atoms with Crippen LogP contribution in [0.1, 0.15) is 37.2 Å². The Morgan fingerprint density at radius 3 is 2.86 bits per heavy atom. The van der Waals surface area contributed by atoms with Gasteiger partial charge >= 0.3 is 6.03 Å². The van der Waals surface area contributed by atoms with Crippen molar-refractivity contribution in [3.8, 4) is 5.75 Å². The smallest absolute Gasteiger partial charge is 0.317 e. The molecule has 2 amide bonds. The highest BCUT2D eigenvalue weighted by Crippen LogP contribution is 2.35. The molecule has 0 saturated carbocycles. The van der Waals surface area contributed by atoms with Crippen molar-refractivity contribution in [2.45, 2.75) is 38.1 Å². The summed E-state index contributed by atoms with van der Waals surface area (Å²) in [5.74, 6) is 2.04. The third-order valence-electron chi connectivity index (χ3n) is 5.80. The molecule has 6 nitrogen and oxygen atoms in total. The van der Waals surface area contributed by atoms with E-state index in [1.54, 1.807) is 0 Å². The molecule has 28 heavy (non-hydrogen) atoms. The predicted octanol–water partition coefficient (Wildman–Crippen LogP) is 4.02. The molecule has 1 atom stereocenters. The molecule has 1 aromatic carbocycles. The first kappa shape index (κ1) is 19.3. The van der Waals surface area contributed by atoms with Gasteiger partial charge in [0.25, 0.3) is 0 Å². The molecule has 2 aliphatic heterocycles. The maximum absolute atomic E-state index is 12.5. The van der Waals surface area contributed by atoms with Crippen molar-refractivity contribution in [3.63, 3.8) is 0 Å². The molecule has 0 bridgehead atoms. The van der Waals surface area contributed by atoms with Crippen LogP contribution in [0.2, 0.25) is 0 Å². The van der Waals surface area contributed by atoms with E-state index in [2.05, 4.69) is 38.5 Å². The molecule has 1 saturated heterocycles. The first-order valence-corrected chi connectivity index (χ1v) is 10.9. The highest BCUT2D eigenvalue weighted by atomic mass is 79.9. The van der Waals surface area contributed by atoms with Gasteiger partial charge in [-0.25, -0.2) is 4.79 Å². The first-order valence-electron chi connectivity index (χ1n) is 10.1. The number of nitrogens with one attached hydrogen (secondary N) is 1. The molecule has 0 radical (unpaired) electrons. The molecule has 2 aliphatic rings. The molecule has 2 aromatic rings. The Morgan fingerprint density at radius 2 is 2.07 bits per heavy atom. The van der Waals surface area contributed by atoms with Crippen LogP contribution in [0, 0.1) is 5.92 Å². The molecule has 150 valence electrons. The maximum Gasteiger partial charge on any atom is 0.317 e. The van der Waals surface area contributed by atoms with Gasteiger partial charge in [0.2, 0.25) is 0 Å². The standard InChI is InChI=1S/C21H27BrN4O2/c22-18-13-24-26(15-18)14-16-6-10-25(11-7-16)21(27)23-9-5-17-8-12-28-20-4-2-1-3-19(17)20/h1-4,13,15-17H,5-12,14H2,(H,23,27). The Bertz CT molecular complexity index is 801. The predicted molar refractivity (Wildman–Crippen MR) is 112 cm³/mol. The first-order chi connectivity index (χ1) is 13.7. The summed E-state index contributed by atoms with van der Waals surface area (Å²) < 4.78 is 8.72. The fraction of sp³-hybridized carbons (Fsp3) is 0.524. The lowest BCUT2D eigenvalue weighted by Gasteiger charge is -2.32. The van der Waals surface area contributed by atoms with Crippen LogP contribution in [0.25, 0.3) is 0 Å². The number of para-hydroxylation sites is 1. The molecule has 7 heteroatoms. The normalized spacial score (nSPS) is 19.8. The zero-order valence-electron chi connectivity index (χ0n) is 16.0. The summed E-state index contributed by atoms with van der Waals surface area (Å²) in [5, 5.41) is 7.45. The highest BCUT2D eigenvalue weighted by Gasteiger charge is 2.24. The van der Waals surface area contributed by atoms with Gasteiger partial charge in [0, 0.05) is 32.4 Å². The lowest BCUT2D eigenvalue weighted by atomic mass is 9.90. The number of carbonyl (C=O) groups is 1. The molecule has 4 rings (SSSR count). The summed E-state index contributed by atoms with van der Waals surface area (Å²) in [7, 11) is 0. The Balaban J connectivity index is 1.19. The van der Waals surface area contributed by atoms with Gasteiger partial charge in [-0.1, -0.05) is 18.2 Å². The van der Waals surface area contributed by atoms with Crippen molar-refractivity contribution in [2.24, 2.45) is 5.92 Å². The average Bonchev–Trinajstić information content (AvgIpc) is 3.13. The number of benzene rings is 1. The number of hydrogen-bond acceptors (Lipinski definition) is 3. The second kappa shape index (κ2) is 8.99. The Morgan fingerprint density at radius 1 is 1.25 bits per heavy atom. The van der Waals surface area contributed by atoms with Crippen molar-refractivity contribution >= 4 is 22.0 Å². The van der Waals surface area contributed by atoms with Crippen LogP contribution >= 0.6 is 15.9 Å². The summed E-state index contributed by atoms with van der Waals surface area (Å²) in [5.41, 5.74) is 1.27. The summed E-state index contributed by atoms with van der Waals surface area (Å²) in [6.07, 6.45) is 7.85. The number of halogens is 1.